The van der Waals surface area contributed by atoms with Crippen molar-refractivity contribution in [2.75, 3.05) is 6.54 Å². The van der Waals surface area contributed by atoms with Crippen LogP contribution in [0.2, 0.25) is 5.02 Å². The van der Waals surface area contributed by atoms with Gasteiger partial charge in [0, 0.05) is 30.5 Å². The third kappa shape index (κ3) is 3.23. The largest absolute Gasteiger partial charge is 0.356 e. The third-order valence-electron chi connectivity index (χ3n) is 3.03. The molecule has 1 unspecified atom stereocenters. The van der Waals surface area contributed by atoms with Crippen LogP contribution in [-0.2, 0) is 16.1 Å². The number of carbonyl (C=O) groups excluding carboxylic acids is 2. The van der Waals surface area contributed by atoms with Crippen LogP contribution < -0.4 is 10.6 Å². The van der Waals surface area contributed by atoms with E-state index in [4.69, 9.17) is 11.6 Å². The molecule has 0 radical (unpaired) electrons. The van der Waals surface area contributed by atoms with Crippen molar-refractivity contribution >= 4 is 23.4 Å². The first-order chi connectivity index (χ1) is 8.66. The fourth-order valence-electron chi connectivity index (χ4n) is 1.98. The van der Waals surface area contributed by atoms with Crippen LogP contribution in [0.5, 0.6) is 0 Å². The average Bonchev–Trinajstić information content (AvgIpc) is 2.37. The van der Waals surface area contributed by atoms with Crippen molar-refractivity contribution in [3.05, 3.63) is 34.9 Å². The first kappa shape index (κ1) is 12.9. The summed E-state index contributed by atoms with van der Waals surface area (Å²) in [6.07, 6.45) is 0.967. The minimum atomic E-state index is -0.221. The second-order valence-electron chi connectivity index (χ2n) is 4.35. The van der Waals surface area contributed by atoms with Crippen molar-refractivity contribution in [3.8, 4) is 0 Å². The van der Waals surface area contributed by atoms with Gasteiger partial charge in [0.25, 0.3) is 0 Å². The van der Waals surface area contributed by atoms with Crippen LogP contribution in [0.1, 0.15) is 18.4 Å². The van der Waals surface area contributed by atoms with Crippen LogP contribution in [0, 0.1) is 5.92 Å². The Morgan fingerprint density at radius 3 is 2.94 bits per heavy atom. The lowest BCUT2D eigenvalue weighted by molar-refractivity contribution is -0.132. The van der Waals surface area contributed by atoms with E-state index in [2.05, 4.69) is 10.6 Å². The minimum Gasteiger partial charge on any atom is -0.356 e. The number of nitrogens with one attached hydrogen (secondary N) is 2. The molecule has 0 bridgehead atoms. The molecule has 1 aliphatic heterocycles. The summed E-state index contributed by atoms with van der Waals surface area (Å²) < 4.78 is 0. The summed E-state index contributed by atoms with van der Waals surface area (Å²) in [7, 11) is 0. The maximum Gasteiger partial charge on any atom is 0.223 e. The molecule has 0 spiro atoms. The van der Waals surface area contributed by atoms with Crippen molar-refractivity contribution in [2.24, 2.45) is 5.92 Å². The molecule has 96 valence electrons. The lowest BCUT2D eigenvalue weighted by Crippen LogP contribution is -2.40. The predicted molar refractivity (Wildman–Crippen MR) is 69.0 cm³/mol. The van der Waals surface area contributed by atoms with Gasteiger partial charge in [-0.3, -0.25) is 9.59 Å². The van der Waals surface area contributed by atoms with E-state index in [1.807, 2.05) is 18.2 Å². The number of amides is 2. The summed E-state index contributed by atoms with van der Waals surface area (Å²) in [6, 6.07) is 7.38. The van der Waals surface area contributed by atoms with Crippen LogP contribution in [0.15, 0.2) is 24.3 Å². The molecule has 1 aromatic rings. The number of hydrogen-bond donors (Lipinski definition) is 2. The van der Waals surface area contributed by atoms with Gasteiger partial charge in [0.2, 0.25) is 11.8 Å². The number of halogens is 1. The SMILES string of the molecule is O=C1CC(C(=O)NCc2ccccc2Cl)CCN1. The van der Waals surface area contributed by atoms with Crippen molar-refractivity contribution in [2.45, 2.75) is 19.4 Å². The van der Waals surface area contributed by atoms with Gasteiger partial charge in [0.05, 0.1) is 0 Å². The molecule has 1 fully saturated rings. The summed E-state index contributed by atoms with van der Waals surface area (Å²) >= 11 is 6.00. The van der Waals surface area contributed by atoms with Gasteiger partial charge in [0.1, 0.15) is 0 Å². The van der Waals surface area contributed by atoms with Gasteiger partial charge < -0.3 is 10.6 Å². The monoisotopic (exact) mass is 266 g/mol. The van der Waals surface area contributed by atoms with Crippen LogP contribution >= 0.6 is 11.6 Å². The van der Waals surface area contributed by atoms with E-state index < -0.39 is 0 Å². The maximum atomic E-state index is 11.9. The normalized spacial score (nSPS) is 19.2. The molecular formula is C13H15ClN2O2. The molecule has 1 heterocycles. The van der Waals surface area contributed by atoms with Crippen LogP contribution in [0.4, 0.5) is 0 Å². The van der Waals surface area contributed by atoms with E-state index in [1.165, 1.54) is 0 Å². The molecule has 0 aliphatic carbocycles. The van der Waals surface area contributed by atoms with Crippen LogP contribution in [-0.4, -0.2) is 18.4 Å². The smallest absolute Gasteiger partial charge is 0.223 e. The highest BCUT2D eigenvalue weighted by atomic mass is 35.5. The molecule has 2 rings (SSSR count). The first-order valence-corrected chi connectivity index (χ1v) is 6.32. The Hall–Kier alpha value is -1.55. The van der Waals surface area contributed by atoms with Gasteiger partial charge >= 0.3 is 0 Å². The van der Waals surface area contributed by atoms with E-state index in [1.54, 1.807) is 6.07 Å². The molecule has 18 heavy (non-hydrogen) atoms. The molecule has 1 atom stereocenters. The second kappa shape index (κ2) is 5.87. The summed E-state index contributed by atoms with van der Waals surface area (Å²) in [5, 5.41) is 6.17. The molecule has 5 heteroatoms. The fourth-order valence-corrected chi connectivity index (χ4v) is 2.18. The standard InChI is InChI=1S/C13H15ClN2O2/c14-11-4-2-1-3-10(11)8-16-13(18)9-5-6-15-12(17)7-9/h1-4,9H,5-8H2,(H,15,17)(H,16,18). The van der Waals surface area contributed by atoms with Gasteiger partial charge in [-0.1, -0.05) is 29.8 Å². The Morgan fingerprint density at radius 2 is 2.22 bits per heavy atom. The molecular weight excluding hydrogens is 252 g/mol. The van der Waals surface area contributed by atoms with Crippen LogP contribution in [0.25, 0.3) is 0 Å². The topological polar surface area (TPSA) is 58.2 Å². The summed E-state index contributed by atoms with van der Waals surface area (Å²) in [5.74, 6) is -0.356. The Morgan fingerprint density at radius 1 is 1.44 bits per heavy atom. The second-order valence-corrected chi connectivity index (χ2v) is 4.76. The molecule has 0 aromatic heterocycles. The molecule has 1 aromatic carbocycles. The zero-order valence-electron chi connectivity index (χ0n) is 9.91. The molecule has 4 nitrogen and oxygen atoms in total. The number of carbonyl (C=O) groups is 2. The molecule has 2 amide bonds. The lowest BCUT2D eigenvalue weighted by atomic mass is 9.96. The van der Waals surface area contributed by atoms with Gasteiger partial charge in [-0.05, 0) is 18.1 Å². The maximum absolute atomic E-state index is 11.9. The Kier molecular flexibility index (Phi) is 4.20. The first-order valence-electron chi connectivity index (χ1n) is 5.94. The highest BCUT2D eigenvalue weighted by Crippen LogP contribution is 2.16. The molecule has 1 saturated heterocycles. The Labute approximate surface area is 111 Å². The average molecular weight is 267 g/mol. The quantitative estimate of drug-likeness (QED) is 0.871. The summed E-state index contributed by atoms with van der Waals surface area (Å²) in [6.45, 7) is 0.972. The van der Waals surface area contributed by atoms with Crippen molar-refractivity contribution in [3.63, 3.8) is 0 Å². The highest BCUT2D eigenvalue weighted by Gasteiger charge is 2.25. The van der Waals surface area contributed by atoms with Crippen molar-refractivity contribution in [1.29, 1.82) is 0 Å². The van der Waals surface area contributed by atoms with Gasteiger partial charge in [-0.2, -0.15) is 0 Å². The number of hydrogen-bond acceptors (Lipinski definition) is 2. The highest BCUT2D eigenvalue weighted by molar-refractivity contribution is 6.31. The summed E-state index contributed by atoms with van der Waals surface area (Å²) in [4.78, 5) is 23.1. The van der Waals surface area contributed by atoms with E-state index in [9.17, 15) is 9.59 Å². The zero-order valence-corrected chi connectivity index (χ0v) is 10.7. The zero-order chi connectivity index (χ0) is 13.0. The number of piperidine rings is 1. The lowest BCUT2D eigenvalue weighted by Gasteiger charge is -2.21. The van der Waals surface area contributed by atoms with E-state index >= 15 is 0 Å². The Bertz CT molecular complexity index is 462. The molecule has 1 aliphatic rings. The van der Waals surface area contributed by atoms with E-state index in [-0.39, 0.29) is 24.2 Å². The minimum absolute atomic E-state index is 0.0563. The van der Waals surface area contributed by atoms with Crippen LogP contribution in [0.3, 0.4) is 0 Å². The molecule has 0 saturated carbocycles. The molecule has 2 N–H and O–H groups in total. The number of rotatable bonds is 3. The number of benzene rings is 1. The third-order valence-corrected chi connectivity index (χ3v) is 3.40. The van der Waals surface area contributed by atoms with E-state index in [0.717, 1.165) is 5.56 Å². The summed E-state index contributed by atoms with van der Waals surface area (Å²) in [5.41, 5.74) is 0.882. The predicted octanol–water partition coefficient (Wildman–Crippen LogP) is 1.48. The van der Waals surface area contributed by atoms with Crippen molar-refractivity contribution < 1.29 is 9.59 Å². The van der Waals surface area contributed by atoms with E-state index in [0.29, 0.717) is 24.5 Å². The van der Waals surface area contributed by atoms with Crippen molar-refractivity contribution in [1.82, 2.24) is 10.6 Å². The van der Waals surface area contributed by atoms with Gasteiger partial charge in [-0.15, -0.1) is 0 Å². The fraction of sp³-hybridized carbons (Fsp3) is 0.385. The Balaban J connectivity index is 1.88. The van der Waals surface area contributed by atoms with Gasteiger partial charge in [0.15, 0.2) is 0 Å². The van der Waals surface area contributed by atoms with Gasteiger partial charge in [-0.25, -0.2) is 0 Å².